The summed E-state index contributed by atoms with van der Waals surface area (Å²) in [5.41, 5.74) is 2.45. The Morgan fingerprint density at radius 2 is 2.00 bits per heavy atom. The molecule has 1 aliphatic heterocycles. The summed E-state index contributed by atoms with van der Waals surface area (Å²) in [6.45, 7) is 0.378. The Kier molecular flexibility index (Phi) is 7.54. The molecular formula is C22H21ClF5N7O3. The summed E-state index contributed by atoms with van der Waals surface area (Å²) in [6, 6.07) is 4.18. The van der Waals surface area contributed by atoms with Crippen LogP contribution >= 0.6 is 11.6 Å². The number of rotatable bonds is 5. The van der Waals surface area contributed by atoms with Gasteiger partial charge in [-0.2, -0.15) is 13.2 Å². The third kappa shape index (κ3) is 5.68. The number of ether oxygens (including phenoxy) is 1. The molecule has 1 aromatic carbocycles. The molecule has 3 aromatic heterocycles. The van der Waals surface area contributed by atoms with Crippen molar-refractivity contribution >= 4 is 39.5 Å². The highest BCUT2D eigenvalue weighted by molar-refractivity contribution is 6.31. The minimum absolute atomic E-state index is 0.184. The molecule has 1 atom stereocenters. The van der Waals surface area contributed by atoms with Crippen LogP contribution < -0.4 is 0 Å². The maximum Gasteiger partial charge on any atom is 0.490 e. The van der Waals surface area contributed by atoms with Crippen molar-refractivity contribution in [3.05, 3.63) is 47.1 Å². The molecule has 4 aromatic rings. The molecule has 5 rings (SSSR count). The number of carbonyl (C=O) groups is 1. The first-order valence-electron chi connectivity index (χ1n) is 11.0. The summed E-state index contributed by atoms with van der Waals surface area (Å²) in [7, 11) is 3.26. The van der Waals surface area contributed by atoms with Gasteiger partial charge in [0.2, 0.25) is 0 Å². The molecule has 0 saturated carbocycles. The van der Waals surface area contributed by atoms with E-state index in [1.54, 1.807) is 58.9 Å². The fraction of sp³-hybridized carbons (Fsp3) is 0.409. The van der Waals surface area contributed by atoms with Crippen molar-refractivity contribution in [2.24, 2.45) is 0 Å². The molecule has 0 aliphatic carbocycles. The van der Waals surface area contributed by atoms with E-state index in [2.05, 4.69) is 20.3 Å². The molecule has 10 nitrogen and oxygen atoms in total. The number of likely N-dealkylation sites (N-methyl/N-ethyl adjacent to an activating group) is 1. The van der Waals surface area contributed by atoms with Crippen molar-refractivity contribution in [3.63, 3.8) is 0 Å². The van der Waals surface area contributed by atoms with Gasteiger partial charge < -0.3 is 14.4 Å². The van der Waals surface area contributed by atoms with Crippen molar-refractivity contribution in [2.75, 3.05) is 27.2 Å². The lowest BCUT2D eigenvalue weighted by Crippen LogP contribution is -2.31. The summed E-state index contributed by atoms with van der Waals surface area (Å²) >= 11 is 6.23. The summed E-state index contributed by atoms with van der Waals surface area (Å²) < 4.78 is 70.2. The van der Waals surface area contributed by atoms with Crippen LogP contribution in [0.25, 0.3) is 21.9 Å². The Morgan fingerprint density at radius 1 is 1.29 bits per heavy atom. The van der Waals surface area contributed by atoms with Crippen molar-refractivity contribution in [1.82, 2.24) is 34.4 Å². The van der Waals surface area contributed by atoms with Gasteiger partial charge in [0, 0.05) is 24.1 Å². The number of halogens is 6. The molecule has 1 saturated heterocycles. The average Bonchev–Trinajstić information content (AvgIpc) is 3.48. The highest BCUT2D eigenvalue weighted by atomic mass is 35.5. The number of methoxy groups -OCH3 is 1. The van der Waals surface area contributed by atoms with Gasteiger partial charge in [-0.15, -0.1) is 5.10 Å². The first-order valence-corrected chi connectivity index (χ1v) is 11.4. The van der Waals surface area contributed by atoms with Crippen LogP contribution in [0.5, 0.6) is 0 Å². The molecule has 1 fully saturated rings. The number of hydrogen-bond acceptors (Lipinski definition) is 7. The van der Waals surface area contributed by atoms with Crippen LogP contribution in [0.4, 0.5) is 22.0 Å². The molecule has 4 heterocycles. The summed E-state index contributed by atoms with van der Waals surface area (Å²) in [4.78, 5) is 19.6. The van der Waals surface area contributed by atoms with Crippen LogP contribution in [0.3, 0.4) is 0 Å². The predicted octanol–water partition coefficient (Wildman–Crippen LogP) is 3.78. The highest BCUT2D eigenvalue weighted by Crippen LogP contribution is 2.40. The van der Waals surface area contributed by atoms with Crippen LogP contribution in [0.2, 0.25) is 5.02 Å². The molecule has 204 valence electrons. The minimum Gasteiger partial charge on any atom is -0.475 e. The van der Waals surface area contributed by atoms with Gasteiger partial charge in [0.05, 0.1) is 36.6 Å². The van der Waals surface area contributed by atoms with Crippen LogP contribution in [-0.2, 0) is 22.7 Å². The molecule has 1 unspecified atom stereocenters. The second-order valence-corrected chi connectivity index (χ2v) is 9.10. The lowest BCUT2D eigenvalue weighted by Gasteiger charge is -2.22. The fourth-order valence-corrected chi connectivity index (χ4v) is 4.42. The third-order valence-corrected chi connectivity index (χ3v) is 5.97. The van der Waals surface area contributed by atoms with Gasteiger partial charge in [0.1, 0.15) is 29.6 Å². The molecule has 38 heavy (non-hydrogen) atoms. The number of carboxylic acid groups (broad SMARTS) is 1. The second-order valence-electron chi connectivity index (χ2n) is 8.67. The summed E-state index contributed by atoms with van der Waals surface area (Å²) in [5.74, 6) is -5.22. The number of aromatic nitrogens is 6. The maximum atomic E-state index is 15.1. The second kappa shape index (κ2) is 10.4. The van der Waals surface area contributed by atoms with Crippen LogP contribution in [0, 0.1) is 0 Å². The largest absolute Gasteiger partial charge is 0.490 e. The average molecular weight is 562 g/mol. The lowest BCUT2D eigenvalue weighted by atomic mass is 10.1. The van der Waals surface area contributed by atoms with E-state index in [1.807, 2.05) is 0 Å². The van der Waals surface area contributed by atoms with Gasteiger partial charge in [-0.25, -0.2) is 23.2 Å². The number of alkyl halides is 5. The number of likely N-dealkylation sites (tertiary alicyclic amines) is 1. The molecule has 0 bridgehead atoms. The van der Waals surface area contributed by atoms with E-state index < -0.39 is 24.1 Å². The van der Waals surface area contributed by atoms with Crippen molar-refractivity contribution in [3.8, 4) is 0 Å². The van der Waals surface area contributed by atoms with Gasteiger partial charge in [-0.05, 0) is 25.2 Å². The predicted molar refractivity (Wildman–Crippen MR) is 125 cm³/mol. The Hall–Kier alpha value is -3.43. The van der Waals surface area contributed by atoms with E-state index in [4.69, 9.17) is 26.2 Å². The van der Waals surface area contributed by atoms with E-state index in [0.717, 1.165) is 0 Å². The van der Waals surface area contributed by atoms with Gasteiger partial charge >= 0.3 is 12.1 Å². The topological polar surface area (TPSA) is 111 Å². The Morgan fingerprint density at radius 3 is 2.61 bits per heavy atom. The fourth-order valence-electron chi connectivity index (χ4n) is 4.25. The van der Waals surface area contributed by atoms with Crippen LogP contribution in [0.15, 0.2) is 30.6 Å². The SMILES string of the molecule is COCc1cn(Cc2nc3cnc4ccc(Cl)cc4c3n2C2CN(C)CC2(F)F)nn1.O=C(O)C(F)(F)F. The monoisotopic (exact) mass is 561 g/mol. The number of nitrogens with zero attached hydrogens (tertiary/aromatic N) is 7. The molecule has 0 amide bonds. The number of pyridine rings is 1. The minimum atomic E-state index is -5.08. The first kappa shape index (κ1) is 27.6. The van der Waals surface area contributed by atoms with Gasteiger partial charge in [0.15, 0.2) is 0 Å². The zero-order valence-electron chi connectivity index (χ0n) is 20.0. The van der Waals surface area contributed by atoms with Gasteiger partial charge in [0.25, 0.3) is 5.92 Å². The van der Waals surface area contributed by atoms with Gasteiger partial charge in [-0.1, -0.05) is 16.8 Å². The number of benzene rings is 1. The van der Waals surface area contributed by atoms with Crippen LogP contribution in [0.1, 0.15) is 17.6 Å². The molecule has 16 heteroatoms. The maximum absolute atomic E-state index is 15.1. The smallest absolute Gasteiger partial charge is 0.475 e. The standard InChI is InChI=1S/C20H20ClF2N7O.C2HF3O2/c1-28-8-17(20(22,23)11-28)30-18(9-29-7-13(10-31-2)26-27-29)25-16-6-24-15-4-3-12(21)5-14(15)19(16)30;3-2(4,5)1(6)7/h3-7,17H,8-11H2,1-2H3;(H,6,7). The first-order chi connectivity index (χ1) is 17.8. The van der Waals surface area contributed by atoms with E-state index in [0.29, 0.717) is 45.1 Å². The molecule has 0 spiro atoms. The van der Waals surface area contributed by atoms with Crippen molar-refractivity contribution in [1.29, 1.82) is 0 Å². The van der Waals surface area contributed by atoms with E-state index in [-0.39, 0.29) is 19.6 Å². The normalized spacial score (nSPS) is 17.6. The van der Waals surface area contributed by atoms with Crippen LogP contribution in [-0.4, -0.2) is 84.9 Å². The number of fused-ring (bicyclic) bond motifs is 3. The lowest BCUT2D eigenvalue weighted by molar-refractivity contribution is -0.192. The zero-order chi connectivity index (χ0) is 27.8. The number of imidazole rings is 1. The Balaban J connectivity index is 0.000000426. The Labute approximate surface area is 216 Å². The quantitative estimate of drug-likeness (QED) is 0.367. The van der Waals surface area contributed by atoms with Gasteiger partial charge in [-0.3, -0.25) is 9.88 Å². The van der Waals surface area contributed by atoms with Crippen molar-refractivity contribution < 1.29 is 36.6 Å². The number of hydrogen-bond donors (Lipinski definition) is 1. The number of aliphatic carboxylic acids is 1. The molecule has 1 aliphatic rings. The molecular weight excluding hydrogens is 541 g/mol. The third-order valence-electron chi connectivity index (χ3n) is 5.74. The van der Waals surface area contributed by atoms with Crippen molar-refractivity contribution in [2.45, 2.75) is 31.3 Å². The zero-order valence-corrected chi connectivity index (χ0v) is 20.7. The Bertz CT molecular complexity index is 1470. The van der Waals surface area contributed by atoms with E-state index >= 15 is 8.78 Å². The number of carboxylic acids is 1. The molecule has 0 radical (unpaired) electrons. The summed E-state index contributed by atoms with van der Waals surface area (Å²) in [6.07, 6.45) is -1.75. The highest BCUT2D eigenvalue weighted by Gasteiger charge is 2.49. The van der Waals surface area contributed by atoms with E-state index in [1.165, 1.54) is 0 Å². The molecule has 1 N–H and O–H groups in total. The summed E-state index contributed by atoms with van der Waals surface area (Å²) in [5, 5.41) is 16.5. The van der Waals surface area contributed by atoms with E-state index in [9.17, 15) is 13.2 Å².